The Labute approximate surface area is 141 Å². The molecule has 1 aromatic carbocycles. The predicted molar refractivity (Wildman–Crippen MR) is 99.4 cm³/mol. The monoisotopic (exact) mass is 328 g/mol. The number of anilines is 1. The van der Waals surface area contributed by atoms with Crippen LogP contribution in [0.3, 0.4) is 0 Å². The Kier molecular flexibility index (Phi) is 16.9. The fraction of sp³-hybridized carbons (Fsp3) is 0.611. The van der Waals surface area contributed by atoms with Crippen LogP contribution < -0.4 is 5.73 Å². The maximum Gasteiger partial charge on any atom is 0.209 e. The molecular formula is C18H33ClN2O. The number of aryl methyl sites for hydroxylation is 1. The number of halogens is 1. The van der Waals surface area contributed by atoms with Crippen molar-refractivity contribution >= 4 is 23.7 Å². The van der Waals surface area contributed by atoms with E-state index in [1.807, 2.05) is 37.8 Å². The normalized spacial score (nSPS) is 9.00. The molecule has 0 aliphatic carbocycles. The first-order valence-electron chi connectivity index (χ1n) is 8.26. The van der Waals surface area contributed by atoms with Crippen LogP contribution in [0, 0.1) is 6.92 Å². The van der Waals surface area contributed by atoms with Crippen molar-refractivity contribution in [1.29, 1.82) is 0 Å². The van der Waals surface area contributed by atoms with E-state index in [0.717, 1.165) is 37.9 Å². The number of benzene rings is 1. The van der Waals surface area contributed by atoms with Crippen LogP contribution in [-0.4, -0.2) is 24.4 Å². The summed E-state index contributed by atoms with van der Waals surface area (Å²) in [4.78, 5) is 12.3. The molecule has 0 aliphatic heterocycles. The molecule has 0 bridgehead atoms. The van der Waals surface area contributed by atoms with E-state index in [-0.39, 0.29) is 0 Å². The van der Waals surface area contributed by atoms with Gasteiger partial charge in [-0.15, -0.1) is 0 Å². The number of nitrogens with zero attached hydrogens (tertiary/aromatic N) is 1. The van der Waals surface area contributed by atoms with Crippen molar-refractivity contribution < 1.29 is 4.79 Å². The second-order valence-corrected chi connectivity index (χ2v) is 5.20. The zero-order valence-corrected chi connectivity index (χ0v) is 15.6. The minimum absolute atomic E-state index is 0.650. The van der Waals surface area contributed by atoms with Gasteiger partial charge in [-0.2, -0.15) is 0 Å². The molecule has 2 N–H and O–H groups in total. The van der Waals surface area contributed by atoms with E-state index in [0.29, 0.717) is 10.7 Å². The van der Waals surface area contributed by atoms with E-state index in [9.17, 15) is 4.79 Å². The van der Waals surface area contributed by atoms with Crippen LogP contribution >= 0.6 is 11.6 Å². The summed E-state index contributed by atoms with van der Waals surface area (Å²) in [5.74, 6) is 0. The number of amides is 1. The smallest absolute Gasteiger partial charge is 0.209 e. The first-order chi connectivity index (χ1) is 10.6. The number of nitrogen functional groups attached to an aromatic ring is 1. The number of hydrogen-bond acceptors (Lipinski definition) is 2. The first kappa shape index (κ1) is 23.1. The van der Waals surface area contributed by atoms with E-state index in [1.165, 1.54) is 12.8 Å². The number of hydrogen-bond donors (Lipinski definition) is 1. The highest BCUT2D eigenvalue weighted by molar-refractivity contribution is 6.33. The molecular weight excluding hydrogens is 296 g/mol. The average molecular weight is 329 g/mol. The lowest BCUT2D eigenvalue weighted by atomic mass is 10.2. The average Bonchev–Trinajstić information content (AvgIpc) is 2.54. The van der Waals surface area contributed by atoms with Crippen molar-refractivity contribution in [2.75, 3.05) is 18.8 Å². The largest absolute Gasteiger partial charge is 0.398 e. The molecule has 4 heteroatoms. The van der Waals surface area contributed by atoms with Crippen LogP contribution in [0.15, 0.2) is 18.2 Å². The predicted octanol–water partition coefficient (Wildman–Crippen LogP) is 5.30. The zero-order valence-electron chi connectivity index (χ0n) is 14.9. The summed E-state index contributed by atoms with van der Waals surface area (Å²) in [6.07, 6.45) is 5.62. The quantitative estimate of drug-likeness (QED) is 0.419. The van der Waals surface area contributed by atoms with E-state index in [1.54, 1.807) is 6.07 Å². The lowest BCUT2D eigenvalue weighted by Gasteiger charge is -2.15. The highest BCUT2D eigenvalue weighted by atomic mass is 35.5. The molecule has 1 rings (SSSR count). The summed E-state index contributed by atoms with van der Waals surface area (Å²) in [7, 11) is 0. The zero-order chi connectivity index (χ0) is 17.4. The van der Waals surface area contributed by atoms with Crippen molar-refractivity contribution in [2.24, 2.45) is 0 Å². The Balaban J connectivity index is 0. The molecule has 0 saturated heterocycles. The van der Waals surface area contributed by atoms with Gasteiger partial charge >= 0.3 is 0 Å². The summed E-state index contributed by atoms with van der Waals surface area (Å²) < 4.78 is 0. The highest BCUT2D eigenvalue weighted by Gasteiger charge is 1.97. The first-order valence-corrected chi connectivity index (χ1v) is 8.64. The third-order valence-corrected chi connectivity index (χ3v) is 3.45. The second-order valence-electron chi connectivity index (χ2n) is 4.83. The topological polar surface area (TPSA) is 46.3 Å². The molecule has 1 amide bonds. The van der Waals surface area contributed by atoms with Gasteiger partial charge in [0.05, 0.1) is 10.7 Å². The van der Waals surface area contributed by atoms with Gasteiger partial charge in [0, 0.05) is 13.1 Å². The number of unbranched alkanes of at least 4 members (excludes halogenated alkanes) is 2. The van der Waals surface area contributed by atoms with Crippen molar-refractivity contribution in [2.45, 2.75) is 60.3 Å². The fourth-order valence-corrected chi connectivity index (χ4v) is 1.87. The van der Waals surface area contributed by atoms with Gasteiger partial charge in [-0.25, -0.2) is 0 Å². The van der Waals surface area contributed by atoms with Crippen LogP contribution in [-0.2, 0) is 4.79 Å². The van der Waals surface area contributed by atoms with E-state index in [4.69, 9.17) is 17.3 Å². The van der Waals surface area contributed by atoms with E-state index < -0.39 is 0 Å². The number of nitrogens with two attached hydrogens (primary N) is 1. The Hall–Kier alpha value is -1.22. The van der Waals surface area contributed by atoms with Gasteiger partial charge in [0.2, 0.25) is 6.41 Å². The van der Waals surface area contributed by atoms with Crippen LogP contribution in [0.4, 0.5) is 5.69 Å². The van der Waals surface area contributed by atoms with Crippen LogP contribution in [0.5, 0.6) is 0 Å². The molecule has 0 saturated carbocycles. The summed E-state index contributed by atoms with van der Waals surface area (Å²) in [5, 5.41) is 0.664. The number of carbonyl (C=O) groups excluding carboxylic acids is 1. The molecule has 0 heterocycles. The summed E-state index contributed by atoms with van der Waals surface area (Å²) in [6, 6.07) is 5.60. The second kappa shape index (κ2) is 16.2. The Morgan fingerprint density at radius 3 is 2.18 bits per heavy atom. The molecule has 0 unspecified atom stereocenters. The summed E-state index contributed by atoms with van der Waals surface area (Å²) in [6.45, 7) is 12.0. The van der Waals surface area contributed by atoms with Crippen LogP contribution in [0.2, 0.25) is 5.02 Å². The minimum atomic E-state index is 0.650. The fourth-order valence-electron chi connectivity index (χ4n) is 1.74. The number of rotatable bonds is 7. The molecule has 0 spiro atoms. The van der Waals surface area contributed by atoms with Gasteiger partial charge in [-0.3, -0.25) is 4.79 Å². The lowest BCUT2D eigenvalue weighted by molar-refractivity contribution is -0.118. The molecule has 128 valence electrons. The van der Waals surface area contributed by atoms with Crippen LogP contribution in [0.1, 0.15) is 58.9 Å². The lowest BCUT2D eigenvalue weighted by Crippen LogP contribution is -2.23. The van der Waals surface area contributed by atoms with Gasteiger partial charge in [0.1, 0.15) is 0 Å². The molecule has 0 atom stereocenters. The molecule has 1 aromatic rings. The van der Waals surface area contributed by atoms with Crippen molar-refractivity contribution in [3.8, 4) is 0 Å². The molecule has 0 fully saturated rings. The molecule has 3 nitrogen and oxygen atoms in total. The summed E-state index contributed by atoms with van der Waals surface area (Å²) >= 11 is 5.75. The molecule has 0 aliphatic rings. The molecule has 0 aromatic heterocycles. The van der Waals surface area contributed by atoms with Crippen molar-refractivity contribution in [3.63, 3.8) is 0 Å². The third-order valence-electron chi connectivity index (χ3n) is 2.93. The van der Waals surface area contributed by atoms with Crippen molar-refractivity contribution in [3.05, 3.63) is 28.8 Å². The standard InChI is InChI=1S/C9H19NO.C7H8ClN.C2H6/c1-3-5-6-8-10(9-11)7-4-2;1-5-3-2-4-6(9)7(5)8;1-2/h9H,3-8H2,1-2H3;2-4H,9H2,1H3;1-2H3. The summed E-state index contributed by atoms with van der Waals surface area (Å²) in [5.41, 5.74) is 7.16. The van der Waals surface area contributed by atoms with E-state index in [2.05, 4.69) is 13.8 Å². The molecule has 0 radical (unpaired) electrons. The van der Waals surface area contributed by atoms with Gasteiger partial charge in [0.25, 0.3) is 0 Å². The maximum atomic E-state index is 10.4. The van der Waals surface area contributed by atoms with Crippen molar-refractivity contribution in [1.82, 2.24) is 4.90 Å². The minimum Gasteiger partial charge on any atom is -0.398 e. The van der Waals surface area contributed by atoms with Gasteiger partial charge in [-0.05, 0) is 31.4 Å². The SMILES string of the molecule is CC.CCCCCN(C=O)CCC.Cc1cccc(N)c1Cl. The van der Waals surface area contributed by atoms with Gasteiger partial charge in [-0.1, -0.05) is 64.3 Å². The molecule has 22 heavy (non-hydrogen) atoms. The highest BCUT2D eigenvalue weighted by Crippen LogP contribution is 2.21. The maximum absolute atomic E-state index is 10.4. The van der Waals surface area contributed by atoms with Gasteiger partial charge in [0.15, 0.2) is 0 Å². The van der Waals surface area contributed by atoms with Gasteiger partial charge < -0.3 is 10.6 Å². The Morgan fingerprint density at radius 1 is 1.14 bits per heavy atom. The van der Waals surface area contributed by atoms with E-state index >= 15 is 0 Å². The Bertz CT molecular complexity index is 363. The Morgan fingerprint density at radius 2 is 1.77 bits per heavy atom. The van der Waals surface area contributed by atoms with Crippen LogP contribution in [0.25, 0.3) is 0 Å². The third kappa shape index (κ3) is 11.4. The number of carbonyl (C=O) groups is 1.